The molecule has 0 atom stereocenters. The summed E-state index contributed by atoms with van der Waals surface area (Å²) in [7, 11) is 0. The molecule has 1 aliphatic rings. The maximum Gasteiger partial charge on any atom is 0.417 e. The first-order valence-electron chi connectivity index (χ1n) is 11.5. The Labute approximate surface area is 190 Å². The van der Waals surface area contributed by atoms with Crippen LogP contribution in [-0.4, -0.2) is 24.2 Å². The van der Waals surface area contributed by atoms with Crippen LogP contribution in [0.1, 0.15) is 43.7 Å². The lowest BCUT2D eigenvalue weighted by atomic mass is 9.99. The summed E-state index contributed by atoms with van der Waals surface area (Å²) in [6.07, 6.45) is 7.16. The van der Waals surface area contributed by atoms with Crippen LogP contribution in [0.4, 0.5) is 16.3 Å². The van der Waals surface area contributed by atoms with Crippen molar-refractivity contribution in [1.29, 1.82) is 0 Å². The van der Waals surface area contributed by atoms with Crippen LogP contribution >= 0.6 is 0 Å². The molecule has 0 aliphatic carbocycles. The second-order valence-electron chi connectivity index (χ2n) is 8.35. The molecule has 0 bridgehead atoms. The Bertz CT molecular complexity index is 1040. The summed E-state index contributed by atoms with van der Waals surface area (Å²) >= 11 is 0. The van der Waals surface area contributed by atoms with Crippen LogP contribution in [0, 0.1) is 6.92 Å². The highest BCUT2D eigenvalue weighted by molar-refractivity contribution is 5.86. The van der Waals surface area contributed by atoms with Gasteiger partial charge in [-0.2, -0.15) is 0 Å². The number of nitrogens with zero attached hydrogens (tertiary/aromatic N) is 2. The number of rotatable bonds is 5. The average molecular weight is 430 g/mol. The summed E-state index contributed by atoms with van der Waals surface area (Å²) in [5, 5.41) is 2.78. The van der Waals surface area contributed by atoms with Crippen LogP contribution in [0.25, 0.3) is 11.1 Å². The quantitative estimate of drug-likeness (QED) is 0.496. The molecule has 1 aliphatic heterocycles. The molecule has 0 spiro atoms. The van der Waals surface area contributed by atoms with Gasteiger partial charge in [0.15, 0.2) is 0 Å². The Morgan fingerprint density at radius 2 is 1.75 bits per heavy atom. The first-order chi connectivity index (χ1) is 15.6. The lowest BCUT2D eigenvalue weighted by molar-refractivity contribution is 0.215. The minimum absolute atomic E-state index is 0.511. The number of benzene rings is 2. The van der Waals surface area contributed by atoms with Crippen LogP contribution in [0.2, 0.25) is 0 Å². The van der Waals surface area contributed by atoms with E-state index in [0.29, 0.717) is 11.4 Å². The first kappa shape index (κ1) is 21.9. The van der Waals surface area contributed by atoms with E-state index < -0.39 is 6.09 Å². The van der Waals surface area contributed by atoms with E-state index in [-0.39, 0.29) is 0 Å². The van der Waals surface area contributed by atoms with Gasteiger partial charge in [0.25, 0.3) is 0 Å². The van der Waals surface area contributed by atoms with Crippen molar-refractivity contribution in [3.05, 3.63) is 71.9 Å². The van der Waals surface area contributed by atoms with E-state index in [9.17, 15) is 4.79 Å². The molecule has 3 aromatic rings. The van der Waals surface area contributed by atoms with Gasteiger partial charge in [0.05, 0.1) is 11.9 Å². The summed E-state index contributed by atoms with van der Waals surface area (Å²) < 4.78 is 5.56. The van der Waals surface area contributed by atoms with Gasteiger partial charge in [-0.05, 0) is 72.7 Å². The van der Waals surface area contributed by atoms with Gasteiger partial charge in [0.1, 0.15) is 11.6 Å². The Kier molecular flexibility index (Phi) is 7.05. The van der Waals surface area contributed by atoms with Crippen molar-refractivity contribution in [3.63, 3.8) is 0 Å². The predicted molar refractivity (Wildman–Crippen MR) is 131 cm³/mol. The molecule has 0 saturated carbocycles. The van der Waals surface area contributed by atoms with Crippen molar-refractivity contribution in [2.45, 2.75) is 46.0 Å². The van der Waals surface area contributed by atoms with E-state index in [1.165, 1.54) is 31.2 Å². The fourth-order valence-corrected chi connectivity index (χ4v) is 4.09. The molecule has 0 unspecified atom stereocenters. The molecule has 2 aromatic carbocycles. The molecule has 166 valence electrons. The van der Waals surface area contributed by atoms with Crippen molar-refractivity contribution in [2.75, 3.05) is 23.3 Å². The molecule has 1 fully saturated rings. The maximum absolute atomic E-state index is 12.5. The van der Waals surface area contributed by atoms with Gasteiger partial charge in [-0.3, -0.25) is 5.32 Å². The van der Waals surface area contributed by atoms with Crippen LogP contribution < -0.4 is 15.0 Å². The second-order valence-corrected chi connectivity index (χ2v) is 8.35. The van der Waals surface area contributed by atoms with Gasteiger partial charge >= 0.3 is 6.09 Å². The molecule has 1 amide bonds. The third-order valence-corrected chi connectivity index (χ3v) is 6.02. The number of aryl methyl sites for hydroxylation is 2. The fraction of sp³-hybridized carbons (Fsp3) is 0.333. The third-order valence-electron chi connectivity index (χ3n) is 6.02. The Balaban J connectivity index is 1.40. The van der Waals surface area contributed by atoms with Gasteiger partial charge < -0.3 is 9.64 Å². The third kappa shape index (κ3) is 5.47. The predicted octanol–water partition coefficient (Wildman–Crippen LogP) is 6.61. The highest BCUT2D eigenvalue weighted by Gasteiger charge is 2.12. The molecule has 4 rings (SSSR count). The van der Waals surface area contributed by atoms with Crippen molar-refractivity contribution < 1.29 is 9.53 Å². The van der Waals surface area contributed by atoms with E-state index in [1.807, 2.05) is 30.3 Å². The van der Waals surface area contributed by atoms with Gasteiger partial charge in [-0.1, -0.05) is 50.1 Å². The number of aromatic nitrogens is 1. The Morgan fingerprint density at radius 1 is 1.00 bits per heavy atom. The lowest BCUT2D eigenvalue weighted by Crippen LogP contribution is -2.25. The molecule has 5 nitrogen and oxygen atoms in total. The minimum atomic E-state index is -0.523. The summed E-state index contributed by atoms with van der Waals surface area (Å²) in [5.74, 6) is 1.47. The van der Waals surface area contributed by atoms with Crippen LogP contribution in [0.3, 0.4) is 0 Å². The molecule has 1 saturated heterocycles. The molecule has 0 radical (unpaired) electrons. The van der Waals surface area contributed by atoms with Gasteiger partial charge in [0.2, 0.25) is 0 Å². The Hall–Kier alpha value is -3.34. The minimum Gasteiger partial charge on any atom is -0.410 e. The molecular weight excluding hydrogens is 398 g/mol. The molecule has 32 heavy (non-hydrogen) atoms. The van der Waals surface area contributed by atoms with E-state index >= 15 is 0 Å². The van der Waals surface area contributed by atoms with Crippen LogP contribution in [0.5, 0.6) is 5.75 Å². The first-order valence-corrected chi connectivity index (χ1v) is 11.5. The van der Waals surface area contributed by atoms with Crippen LogP contribution in [0.15, 0.2) is 60.8 Å². The fourth-order valence-electron chi connectivity index (χ4n) is 4.09. The van der Waals surface area contributed by atoms with E-state index in [4.69, 9.17) is 4.74 Å². The van der Waals surface area contributed by atoms with E-state index in [0.717, 1.165) is 42.0 Å². The van der Waals surface area contributed by atoms with Gasteiger partial charge in [-0.25, -0.2) is 9.78 Å². The number of hydrogen-bond acceptors (Lipinski definition) is 4. The number of carbonyl (C=O) groups excluding carboxylic acids is 1. The maximum atomic E-state index is 12.5. The van der Waals surface area contributed by atoms with E-state index in [2.05, 4.69) is 53.3 Å². The SMILES string of the molecule is CCc1ccc(-c2cc(OC(=O)Nc3ccc(N4CCCCCC4)nc3)ccc2C)cc1. The van der Waals surface area contributed by atoms with Crippen LogP contribution in [-0.2, 0) is 6.42 Å². The smallest absolute Gasteiger partial charge is 0.410 e. The molecular formula is C27H31N3O2. The summed E-state index contributed by atoms with van der Waals surface area (Å²) in [6.45, 7) is 6.28. The molecule has 5 heteroatoms. The molecule has 2 heterocycles. The largest absolute Gasteiger partial charge is 0.417 e. The normalized spacial score (nSPS) is 14.0. The summed E-state index contributed by atoms with van der Waals surface area (Å²) in [5.41, 5.74) is 5.22. The number of anilines is 2. The second kappa shape index (κ2) is 10.3. The topological polar surface area (TPSA) is 54.5 Å². The zero-order valence-corrected chi connectivity index (χ0v) is 18.9. The highest BCUT2D eigenvalue weighted by atomic mass is 16.6. The number of hydrogen-bond donors (Lipinski definition) is 1. The molecule has 1 aromatic heterocycles. The highest BCUT2D eigenvalue weighted by Crippen LogP contribution is 2.28. The number of carbonyl (C=O) groups is 1. The van der Waals surface area contributed by atoms with Crippen molar-refractivity contribution >= 4 is 17.6 Å². The van der Waals surface area contributed by atoms with Crippen molar-refractivity contribution in [1.82, 2.24) is 4.98 Å². The number of amides is 1. The molecule has 1 N–H and O–H groups in total. The van der Waals surface area contributed by atoms with Crippen molar-refractivity contribution in [3.8, 4) is 16.9 Å². The zero-order valence-electron chi connectivity index (χ0n) is 18.9. The van der Waals surface area contributed by atoms with E-state index in [1.54, 1.807) is 6.20 Å². The summed E-state index contributed by atoms with van der Waals surface area (Å²) in [6, 6.07) is 18.0. The standard InChI is InChI=1S/C27H31N3O2/c1-3-21-9-11-22(12-10-21)25-18-24(14-8-20(25)2)32-27(31)29-23-13-15-26(28-19-23)30-16-6-4-5-7-17-30/h8-15,18-19H,3-7,16-17H2,1-2H3,(H,29,31). The summed E-state index contributed by atoms with van der Waals surface area (Å²) in [4.78, 5) is 19.3. The number of ether oxygens (including phenoxy) is 1. The van der Waals surface area contributed by atoms with Gasteiger partial charge in [-0.15, -0.1) is 0 Å². The Morgan fingerprint density at radius 3 is 2.41 bits per heavy atom. The zero-order chi connectivity index (χ0) is 22.3. The average Bonchev–Trinajstić information content (AvgIpc) is 3.11. The number of pyridine rings is 1. The lowest BCUT2D eigenvalue weighted by Gasteiger charge is -2.21. The number of nitrogens with one attached hydrogen (secondary N) is 1. The van der Waals surface area contributed by atoms with Gasteiger partial charge in [0, 0.05) is 13.1 Å². The monoisotopic (exact) mass is 429 g/mol. The van der Waals surface area contributed by atoms with Crippen molar-refractivity contribution in [2.24, 2.45) is 0 Å².